The molecule has 0 aliphatic rings. The molecular formula is C10H17N3. The second-order valence-electron chi connectivity index (χ2n) is 3.39. The first-order chi connectivity index (χ1) is 6.22. The molecule has 0 radical (unpaired) electrons. The zero-order valence-corrected chi connectivity index (χ0v) is 8.54. The van der Waals surface area contributed by atoms with Gasteiger partial charge in [-0.15, -0.1) is 0 Å². The Morgan fingerprint density at radius 2 is 2.00 bits per heavy atom. The fourth-order valence-corrected chi connectivity index (χ4v) is 1.04. The fourth-order valence-electron chi connectivity index (χ4n) is 1.04. The van der Waals surface area contributed by atoms with Crippen LogP contribution in [-0.4, -0.2) is 16.0 Å². The summed E-state index contributed by atoms with van der Waals surface area (Å²) in [5, 5.41) is 3.32. The van der Waals surface area contributed by atoms with Crippen molar-refractivity contribution in [3.05, 3.63) is 23.8 Å². The lowest BCUT2D eigenvalue weighted by atomic mass is 10.2. The van der Waals surface area contributed by atoms with Crippen LogP contribution >= 0.6 is 0 Å². The summed E-state index contributed by atoms with van der Waals surface area (Å²) in [5.74, 6) is 0. The zero-order chi connectivity index (χ0) is 9.68. The molecule has 3 heteroatoms. The molecule has 0 aromatic carbocycles. The minimum Gasteiger partial charge on any atom is -0.309 e. The SMILES string of the molecule is CCc1cc(CNC(C)C)ncn1. The number of nitrogens with zero attached hydrogens (tertiary/aromatic N) is 2. The van der Waals surface area contributed by atoms with Crippen molar-refractivity contribution in [2.75, 3.05) is 0 Å². The van der Waals surface area contributed by atoms with Gasteiger partial charge in [0.05, 0.1) is 5.69 Å². The lowest BCUT2D eigenvalue weighted by Crippen LogP contribution is -2.22. The van der Waals surface area contributed by atoms with E-state index in [-0.39, 0.29) is 0 Å². The van der Waals surface area contributed by atoms with Crippen molar-refractivity contribution in [3.8, 4) is 0 Å². The van der Waals surface area contributed by atoms with E-state index in [9.17, 15) is 0 Å². The molecule has 72 valence electrons. The van der Waals surface area contributed by atoms with E-state index in [4.69, 9.17) is 0 Å². The summed E-state index contributed by atoms with van der Waals surface area (Å²) in [4.78, 5) is 8.33. The minimum absolute atomic E-state index is 0.500. The molecule has 1 N–H and O–H groups in total. The summed E-state index contributed by atoms with van der Waals surface area (Å²) < 4.78 is 0. The maximum atomic E-state index is 4.19. The van der Waals surface area contributed by atoms with E-state index in [0.29, 0.717) is 6.04 Å². The Balaban J connectivity index is 2.56. The van der Waals surface area contributed by atoms with Crippen LogP contribution in [0, 0.1) is 0 Å². The molecule has 0 atom stereocenters. The van der Waals surface area contributed by atoms with Gasteiger partial charge in [0.25, 0.3) is 0 Å². The Labute approximate surface area is 79.6 Å². The van der Waals surface area contributed by atoms with Crippen molar-refractivity contribution in [2.45, 2.75) is 39.8 Å². The van der Waals surface area contributed by atoms with Crippen molar-refractivity contribution in [2.24, 2.45) is 0 Å². The first-order valence-corrected chi connectivity index (χ1v) is 4.75. The van der Waals surface area contributed by atoms with Gasteiger partial charge in [0, 0.05) is 18.3 Å². The summed E-state index contributed by atoms with van der Waals surface area (Å²) in [5.41, 5.74) is 2.18. The van der Waals surface area contributed by atoms with Gasteiger partial charge in [0.1, 0.15) is 6.33 Å². The Kier molecular flexibility index (Phi) is 3.83. The molecule has 0 spiro atoms. The first-order valence-electron chi connectivity index (χ1n) is 4.75. The third-order valence-electron chi connectivity index (χ3n) is 1.83. The van der Waals surface area contributed by atoms with Gasteiger partial charge in [0.15, 0.2) is 0 Å². The summed E-state index contributed by atoms with van der Waals surface area (Å²) >= 11 is 0. The third kappa shape index (κ3) is 3.51. The van der Waals surface area contributed by atoms with Crippen molar-refractivity contribution in [3.63, 3.8) is 0 Å². The number of hydrogen-bond donors (Lipinski definition) is 1. The predicted octanol–water partition coefficient (Wildman–Crippen LogP) is 1.54. The average Bonchev–Trinajstić information content (AvgIpc) is 2.15. The summed E-state index contributed by atoms with van der Waals surface area (Å²) in [7, 11) is 0. The molecule has 0 unspecified atom stereocenters. The summed E-state index contributed by atoms with van der Waals surface area (Å²) in [6.45, 7) is 7.18. The van der Waals surface area contributed by atoms with Crippen LogP contribution in [0.15, 0.2) is 12.4 Å². The quantitative estimate of drug-likeness (QED) is 0.761. The standard InChI is InChI=1S/C10H17N3/c1-4-9-5-10(13-7-12-9)6-11-8(2)3/h5,7-8,11H,4,6H2,1-3H3. The maximum absolute atomic E-state index is 4.19. The van der Waals surface area contributed by atoms with Crippen LogP contribution in [0.25, 0.3) is 0 Å². The van der Waals surface area contributed by atoms with Gasteiger partial charge in [0.2, 0.25) is 0 Å². The molecular weight excluding hydrogens is 162 g/mol. The summed E-state index contributed by atoms with van der Waals surface area (Å²) in [6.07, 6.45) is 2.60. The van der Waals surface area contributed by atoms with Gasteiger partial charge in [-0.3, -0.25) is 0 Å². The molecule has 1 aromatic rings. The van der Waals surface area contributed by atoms with E-state index in [1.807, 2.05) is 0 Å². The van der Waals surface area contributed by atoms with Gasteiger partial charge in [-0.2, -0.15) is 0 Å². The Bertz CT molecular complexity index is 258. The third-order valence-corrected chi connectivity index (χ3v) is 1.83. The normalized spacial score (nSPS) is 10.8. The second kappa shape index (κ2) is 4.92. The van der Waals surface area contributed by atoms with Crippen LogP contribution in [0.5, 0.6) is 0 Å². The van der Waals surface area contributed by atoms with Crippen LogP contribution in [0.4, 0.5) is 0 Å². The highest BCUT2D eigenvalue weighted by Crippen LogP contribution is 1.98. The highest BCUT2D eigenvalue weighted by Gasteiger charge is 1.97. The molecule has 3 nitrogen and oxygen atoms in total. The van der Waals surface area contributed by atoms with Crippen LogP contribution in [0.2, 0.25) is 0 Å². The highest BCUT2D eigenvalue weighted by molar-refractivity contribution is 5.07. The van der Waals surface area contributed by atoms with Gasteiger partial charge in [-0.05, 0) is 12.5 Å². The molecule has 13 heavy (non-hydrogen) atoms. The van der Waals surface area contributed by atoms with E-state index in [1.165, 1.54) is 0 Å². The van der Waals surface area contributed by atoms with Gasteiger partial charge >= 0.3 is 0 Å². The molecule has 0 amide bonds. The van der Waals surface area contributed by atoms with Crippen LogP contribution < -0.4 is 5.32 Å². The van der Waals surface area contributed by atoms with E-state index in [2.05, 4.69) is 42.1 Å². The van der Waals surface area contributed by atoms with E-state index in [0.717, 1.165) is 24.4 Å². The van der Waals surface area contributed by atoms with Crippen molar-refractivity contribution < 1.29 is 0 Å². The smallest absolute Gasteiger partial charge is 0.115 e. The number of aromatic nitrogens is 2. The lowest BCUT2D eigenvalue weighted by Gasteiger charge is -2.07. The zero-order valence-electron chi connectivity index (χ0n) is 8.54. The molecule has 1 rings (SSSR count). The highest BCUT2D eigenvalue weighted by atomic mass is 14.9. The Hall–Kier alpha value is -0.960. The molecule has 0 saturated heterocycles. The Morgan fingerprint density at radius 1 is 1.31 bits per heavy atom. The second-order valence-corrected chi connectivity index (χ2v) is 3.39. The molecule has 0 aliphatic heterocycles. The minimum atomic E-state index is 0.500. The molecule has 0 saturated carbocycles. The van der Waals surface area contributed by atoms with Crippen molar-refractivity contribution in [1.29, 1.82) is 0 Å². The van der Waals surface area contributed by atoms with Crippen molar-refractivity contribution >= 4 is 0 Å². The topological polar surface area (TPSA) is 37.8 Å². The van der Waals surface area contributed by atoms with Crippen molar-refractivity contribution in [1.82, 2.24) is 15.3 Å². The molecule has 0 fully saturated rings. The number of rotatable bonds is 4. The number of nitrogens with one attached hydrogen (secondary N) is 1. The van der Waals surface area contributed by atoms with Crippen LogP contribution in [0.1, 0.15) is 32.2 Å². The van der Waals surface area contributed by atoms with Gasteiger partial charge in [-0.1, -0.05) is 20.8 Å². The first kappa shape index (κ1) is 10.1. The van der Waals surface area contributed by atoms with E-state index >= 15 is 0 Å². The largest absolute Gasteiger partial charge is 0.309 e. The van der Waals surface area contributed by atoms with Gasteiger partial charge in [-0.25, -0.2) is 9.97 Å². The molecule has 1 aromatic heterocycles. The Morgan fingerprint density at radius 3 is 2.62 bits per heavy atom. The van der Waals surface area contributed by atoms with E-state index < -0.39 is 0 Å². The average molecular weight is 179 g/mol. The van der Waals surface area contributed by atoms with Crippen LogP contribution in [0.3, 0.4) is 0 Å². The number of hydrogen-bond acceptors (Lipinski definition) is 3. The number of aryl methyl sites for hydroxylation is 1. The predicted molar refractivity (Wildman–Crippen MR) is 53.4 cm³/mol. The van der Waals surface area contributed by atoms with Crippen LogP contribution in [-0.2, 0) is 13.0 Å². The monoisotopic (exact) mass is 179 g/mol. The lowest BCUT2D eigenvalue weighted by molar-refractivity contribution is 0.580. The molecule has 1 heterocycles. The molecule has 0 aliphatic carbocycles. The molecule has 0 bridgehead atoms. The maximum Gasteiger partial charge on any atom is 0.115 e. The van der Waals surface area contributed by atoms with Gasteiger partial charge < -0.3 is 5.32 Å². The summed E-state index contributed by atoms with van der Waals surface area (Å²) in [6, 6.07) is 2.55. The van der Waals surface area contributed by atoms with E-state index in [1.54, 1.807) is 6.33 Å². The fraction of sp³-hybridized carbons (Fsp3) is 0.600.